The predicted octanol–water partition coefficient (Wildman–Crippen LogP) is 3.41. The van der Waals surface area contributed by atoms with Gasteiger partial charge in [-0.05, 0) is 35.7 Å². The first-order valence-corrected chi connectivity index (χ1v) is 5.47. The van der Waals surface area contributed by atoms with Crippen molar-refractivity contribution in [3.8, 4) is 11.1 Å². The minimum atomic E-state index is -0.346. The molecule has 0 saturated heterocycles. The molecule has 2 aliphatic rings. The third kappa shape index (κ3) is 2.72. The Morgan fingerprint density at radius 1 is 1.18 bits per heavy atom. The first-order chi connectivity index (χ1) is 8.16. The molecule has 2 nitrogen and oxygen atoms in total. The van der Waals surface area contributed by atoms with Crippen LogP contribution in [0.4, 0.5) is 0 Å². The summed E-state index contributed by atoms with van der Waals surface area (Å²) in [6.45, 7) is 5.48. The quantitative estimate of drug-likeness (QED) is 0.592. The minimum absolute atomic E-state index is 0.296. The summed E-state index contributed by atoms with van der Waals surface area (Å²) in [5.41, 5.74) is 3.72. The molecule has 2 heteroatoms. The molecule has 0 unspecified atom stereocenters. The van der Waals surface area contributed by atoms with E-state index in [1.807, 2.05) is 42.5 Å². The third-order valence-electron chi connectivity index (χ3n) is 2.51. The molecule has 0 atom stereocenters. The van der Waals surface area contributed by atoms with Gasteiger partial charge in [-0.2, -0.15) is 0 Å². The normalized spacial score (nSPS) is 10.2. The summed E-state index contributed by atoms with van der Waals surface area (Å²) in [6.07, 6.45) is 0. The molecule has 17 heavy (non-hydrogen) atoms. The van der Waals surface area contributed by atoms with Gasteiger partial charge in [0.15, 0.2) is 0 Å². The third-order valence-corrected chi connectivity index (χ3v) is 2.51. The fraction of sp³-hybridized carbons (Fsp3) is 0.133. The zero-order valence-electron chi connectivity index (χ0n) is 9.77. The van der Waals surface area contributed by atoms with Crippen LogP contribution in [0.25, 0.3) is 11.1 Å². The Bertz CT molecular complexity index is 498. The Kier molecular flexibility index (Phi) is 3.24. The van der Waals surface area contributed by atoms with Gasteiger partial charge in [0, 0.05) is 5.57 Å². The molecule has 0 fully saturated rings. The topological polar surface area (TPSA) is 26.3 Å². The Balaban J connectivity index is 2.13. The second-order valence-corrected chi connectivity index (χ2v) is 4.04. The van der Waals surface area contributed by atoms with Gasteiger partial charge >= 0.3 is 5.97 Å². The summed E-state index contributed by atoms with van der Waals surface area (Å²) in [5, 5.41) is 0. The summed E-state index contributed by atoms with van der Waals surface area (Å²) in [6, 6.07) is 14.1. The van der Waals surface area contributed by atoms with Crippen LogP contribution in [0.15, 0.2) is 54.6 Å². The van der Waals surface area contributed by atoms with Crippen molar-refractivity contribution in [3.63, 3.8) is 0 Å². The van der Waals surface area contributed by atoms with E-state index >= 15 is 0 Å². The van der Waals surface area contributed by atoms with E-state index in [4.69, 9.17) is 4.74 Å². The highest BCUT2D eigenvalue weighted by molar-refractivity contribution is 5.87. The zero-order valence-corrected chi connectivity index (χ0v) is 9.77. The maximum absolute atomic E-state index is 11.3. The SMILES string of the molecule is C=C(C)C(=O)OCc1cc2cccccc-2c1. The lowest BCUT2D eigenvalue weighted by Gasteiger charge is -2.01. The highest BCUT2D eigenvalue weighted by Gasteiger charge is 2.07. The first-order valence-electron chi connectivity index (χ1n) is 5.47. The molecule has 0 aromatic heterocycles. The van der Waals surface area contributed by atoms with Gasteiger partial charge in [0.05, 0.1) is 0 Å². The molecule has 0 N–H and O–H groups in total. The summed E-state index contributed by atoms with van der Waals surface area (Å²) in [7, 11) is 0. The van der Waals surface area contributed by atoms with Gasteiger partial charge in [0.1, 0.15) is 6.61 Å². The first kappa shape index (κ1) is 11.4. The smallest absolute Gasteiger partial charge is 0.333 e. The van der Waals surface area contributed by atoms with Crippen molar-refractivity contribution < 1.29 is 9.53 Å². The highest BCUT2D eigenvalue weighted by Crippen LogP contribution is 2.25. The Labute approximate surface area is 101 Å². The van der Waals surface area contributed by atoms with Crippen molar-refractivity contribution in [2.75, 3.05) is 0 Å². The van der Waals surface area contributed by atoms with Crippen LogP contribution < -0.4 is 0 Å². The van der Waals surface area contributed by atoms with Crippen LogP contribution in [0.3, 0.4) is 0 Å². The number of carbonyl (C=O) groups is 1. The lowest BCUT2D eigenvalue weighted by molar-refractivity contribution is -0.140. The number of fused-ring (bicyclic) bond motifs is 1. The molecular weight excluding hydrogens is 212 g/mol. The second kappa shape index (κ2) is 4.83. The van der Waals surface area contributed by atoms with Crippen LogP contribution >= 0.6 is 0 Å². The van der Waals surface area contributed by atoms with E-state index in [0.29, 0.717) is 12.2 Å². The number of esters is 1. The van der Waals surface area contributed by atoms with Crippen molar-refractivity contribution >= 4 is 5.97 Å². The van der Waals surface area contributed by atoms with Gasteiger partial charge in [-0.25, -0.2) is 4.79 Å². The van der Waals surface area contributed by atoms with Crippen LogP contribution in [0.5, 0.6) is 0 Å². The molecule has 0 radical (unpaired) electrons. The molecular formula is C15H14O2. The highest BCUT2D eigenvalue weighted by atomic mass is 16.5. The zero-order chi connectivity index (χ0) is 12.3. The van der Waals surface area contributed by atoms with Gasteiger partial charge in [-0.3, -0.25) is 0 Å². The molecule has 0 bridgehead atoms. The number of hydrogen-bond acceptors (Lipinski definition) is 2. The largest absolute Gasteiger partial charge is 0.457 e. The van der Waals surface area contributed by atoms with Gasteiger partial charge in [-0.15, -0.1) is 0 Å². The molecule has 0 amide bonds. The molecule has 0 aromatic carbocycles. The molecule has 0 heterocycles. The number of carbonyl (C=O) groups excluding carboxylic acids is 1. The van der Waals surface area contributed by atoms with Crippen molar-refractivity contribution in [1.82, 2.24) is 0 Å². The standard InChI is InChI=1S/C15H14O2/c1-11(2)15(16)17-10-12-8-13-6-4-3-5-7-14(13)9-12/h3-9H,1,10H2,2H3. The maximum atomic E-state index is 11.3. The van der Waals surface area contributed by atoms with E-state index in [9.17, 15) is 4.79 Å². The van der Waals surface area contributed by atoms with Crippen molar-refractivity contribution in [1.29, 1.82) is 0 Å². The van der Waals surface area contributed by atoms with E-state index in [0.717, 1.165) is 16.7 Å². The maximum Gasteiger partial charge on any atom is 0.333 e. The summed E-state index contributed by atoms with van der Waals surface area (Å²) >= 11 is 0. The van der Waals surface area contributed by atoms with Gasteiger partial charge in [-0.1, -0.05) is 36.9 Å². The Hall–Kier alpha value is -2.09. The van der Waals surface area contributed by atoms with Gasteiger partial charge in [0.25, 0.3) is 0 Å². The average molecular weight is 226 g/mol. The van der Waals surface area contributed by atoms with Crippen LogP contribution in [-0.4, -0.2) is 5.97 Å². The lowest BCUT2D eigenvalue weighted by atomic mass is 10.2. The van der Waals surface area contributed by atoms with Gasteiger partial charge < -0.3 is 4.74 Å². The summed E-state index contributed by atoms with van der Waals surface area (Å²) in [5.74, 6) is -0.346. The fourth-order valence-electron chi connectivity index (χ4n) is 1.63. The van der Waals surface area contributed by atoms with Crippen molar-refractivity contribution in [2.24, 2.45) is 0 Å². The predicted molar refractivity (Wildman–Crippen MR) is 67.7 cm³/mol. The van der Waals surface area contributed by atoms with Crippen molar-refractivity contribution in [2.45, 2.75) is 13.5 Å². The van der Waals surface area contributed by atoms with E-state index in [1.54, 1.807) is 6.92 Å². The average Bonchev–Trinajstić information content (AvgIpc) is 2.56. The van der Waals surface area contributed by atoms with E-state index < -0.39 is 0 Å². The number of rotatable bonds is 3. The van der Waals surface area contributed by atoms with E-state index in [1.165, 1.54) is 0 Å². The van der Waals surface area contributed by atoms with Crippen LogP contribution in [0.2, 0.25) is 0 Å². The second-order valence-electron chi connectivity index (χ2n) is 4.04. The van der Waals surface area contributed by atoms with Crippen LogP contribution in [0.1, 0.15) is 12.5 Å². The minimum Gasteiger partial charge on any atom is -0.457 e. The summed E-state index contributed by atoms with van der Waals surface area (Å²) < 4.78 is 5.10. The summed E-state index contributed by atoms with van der Waals surface area (Å²) in [4.78, 5) is 11.3. The molecule has 0 saturated carbocycles. The molecule has 2 aliphatic carbocycles. The van der Waals surface area contributed by atoms with E-state index in [2.05, 4.69) is 6.58 Å². The van der Waals surface area contributed by atoms with Gasteiger partial charge in [0.2, 0.25) is 0 Å². The number of hydrogen-bond donors (Lipinski definition) is 0. The lowest BCUT2D eigenvalue weighted by Crippen LogP contribution is -2.04. The molecule has 0 aliphatic heterocycles. The fourth-order valence-corrected chi connectivity index (χ4v) is 1.63. The Morgan fingerprint density at radius 3 is 2.29 bits per heavy atom. The van der Waals surface area contributed by atoms with Crippen LogP contribution in [-0.2, 0) is 16.1 Å². The van der Waals surface area contributed by atoms with E-state index in [-0.39, 0.29) is 5.97 Å². The molecule has 86 valence electrons. The molecule has 2 rings (SSSR count). The Morgan fingerprint density at radius 2 is 1.76 bits per heavy atom. The monoisotopic (exact) mass is 226 g/mol. The van der Waals surface area contributed by atoms with Crippen molar-refractivity contribution in [3.05, 3.63) is 60.2 Å². The number of ether oxygens (including phenoxy) is 1. The molecule has 0 aromatic rings. The van der Waals surface area contributed by atoms with Crippen LogP contribution in [0, 0.1) is 0 Å². The molecule has 0 spiro atoms.